The van der Waals surface area contributed by atoms with E-state index in [0.29, 0.717) is 17.0 Å². The molecule has 0 aliphatic carbocycles. The molecule has 2 aliphatic heterocycles. The molecule has 30 heavy (non-hydrogen) atoms. The lowest BCUT2D eigenvalue weighted by Gasteiger charge is -2.45. The first-order valence-electron chi connectivity index (χ1n) is 10.4. The van der Waals surface area contributed by atoms with Crippen LogP contribution in [-0.2, 0) is 14.0 Å². The highest BCUT2D eigenvalue weighted by molar-refractivity contribution is 6.74. The van der Waals surface area contributed by atoms with Crippen LogP contribution in [0.25, 0.3) is 0 Å². The average molecular weight is 433 g/mol. The quantitative estimate of drug-likeness (QED) is 0.424. The largest absolute Gasteiger partial charge is 0.482 e. The molecular weight excluding hydrogens is 400 g/mol. The minimum Gasteiger partial charge on any atom is -0.482 e. The molecule has 2 heterocycles. The van der Waals surface area contributed by atoms with Crippen molar-refractivity contribution in [1.29, 1.82) is 0 Å². The molecule has 0 unspecified atom stereocenters. The van der Waals surface area contributed by atoms with Gasteiger partial charge in [0.1, 0.15) is 5.75 Å². The summed E-state index contributed by atoms with van der Waals surface area (Å²) in [6.45, 7) is 12.7. The third-order valence-electron chi connectivity index (χ3n) is 6.63. The maximum atomic E-state index is 12.9. The van der Waals surface area contributed by atoms with E-state index in [1.807, 2.05) is 6.92 Å². The van der Waals surface area contributed by atoms with Crippen molar-refractivity contribution in [3.63, 3.8) is 0 Å². The van der Waals surface area contributed by atoms with Crippen molar-refractivity contribution < 1.29 is 23.5 Å². The third-order valence-corrected chi connectivity index (χ3v) is 11.2. The molecule has 8 heteroatoms. The van der Waals surface area contributed by atoms with Crippen LogP contribution in [0.2, 0.25) is 18.1 Å². The number of fused-ring (bicyclic) bond motifs is 1. The van der Waals surface area contributed by atoms with Crippen LogP contribution in [0.3, 0.4) is 0 Å². The van der Waals surface area contributed by atoms with Gasteiger partial charge in [0.15, 0.2) is 20.7 Å². The first kappa shape index (κ1) is 22.5. The van der Waals surface area contributed by atoms with Crippen LogP contribution in [-0.4, -0.2) is 51.7 Å². The number of hydrogen-bond acceptors (Lipinski definition) is 5. The molecule has 164 valence electrons. The van der Waals surface area contributed by atoms with E-state index in [-0.39, 0.29) is 53.7 Å². The molecule has 0 spiro atoms. The number of ether oxygens (including phenoxy) is 1. The van der Waals surface area contributed by atoms with Gasteiger partial charge in [-0.1, -0.05) is 20.8 Å². The highest BCUT2D eigenvalue weighted by Gasteiger charge is 2.47. The van der Waals surface area contributed by atoms with Crippen molar-refractivity contribution in [2.45, 2.75) is 64.4 Å². The topological polar surface area (TPSA) is 84.9 Å². The number of hydrogen-bond donors (Lipinski definition) is 1. The van der Waals surface area contributed by atoms with Crippen LogP contribution in [0.1, 0.15) is 44.5 Å². The standard InChI is InChI=1S/C22H32N2O5Si/c1-13(29-30(6,7)22(2,3)4)20-15(23-21(20)27)11-17(25)14-8-9-18-16(10-14)24(5)19(26)12-28-18/h8-10,13,15,20H,11-12H2,1-7H3,(H,23,27)/t13-,15-,20-/m1/s1. The lowest BCUT2D eigenvalue weighted by molar-refractivity contribution is -0.139. The number of nitrogens with one attached hydrogen (secondary N) is 1. The maximum absolute atomic E-state index is 12.9. The predicted octanol–water partition coefficient (Wildman–Crippen LogP) is 3.14. The number of nitrogens with zero attached hydrogens (tertiary/aromatic N) is 1. The van der Waals surface area contributed by atoms with Crippen molar-refractivity contribution in [2.24, 2.45) is 5.92 Å². The first-order valence-corrected chi connectivity index (χ1v) is 13.3. The van der Waals surface area contributed by atoms with Crippen LogP contribution >= 0.6 is 0 Å². The number of carbonyl (C=O) groups is 3. The van der Waals surface area contributed by atoms with Crippen molar-refractivity contribution in [1.82, 2.24) is 5.32 Å². The Morgan fingerprint density at radius 2 is 2.00 bits per heavy atom. The van der Waals surface area contributed by atoms with Gasteiger partial charge in [0, 0.05) is 19.0 Å². The number of rotatable bonds is 6. The third kappa shape index (κ3) is 4.16. The van der Waals surface area contributed by atoms with Gasteiger partial charge in [0.25, 0.3) is 5.91 Å². The van der Waals surface area contributed by atoms with E-state index in [4.69, 9.17) is 9.16 Å². The number of β-lactam (4-membered cyclic amide) rings is 1. The second-order valence-corrected chi connectivity index (χ2v) is 14.5. The lowest BCUT2D eigenvalue weighted by atomic mass is 9.82. The van der Waals surface area contributed by atoms with Crippen LogP contribution < -0.4 is 15.0 Å². The highest BCUT2D eigenvalue weighted by atomic mass is 28.4. The molecule has 1 fully saturated rings. The number of ketones is 1. The minimum absolute atomic E-state index is 0.00129. The van der Waals surface area contributed by atoms with Gasteiger partial charge in [0.2, 0.25) is 5.91 Å². The number of amides is 2. The molecule has 2 amide bonds. The Kier molecular flexibility index (Phi) is 5.86. The van der Waals surface area contributed by atoms with Gasteiger partial charge < -0.3 is 19.4 Å². The van der Waals surface area contributed by atoms with Crippen LogP contribution in [0.15, 0.2) is 18.2 Å². The van der Waals surface area contributed by atoms with Crippen LogP contribution in [0.5, 0.6) is 5.75 Å². The Labute approximate surface area is 179 Å². The molecule has 0 bridgehead atoms. The summed E-state index contributed by atoms with van der Waals surface area (Å²) in [7, 11) is -0.357. The molecule has 3 atom stereocenters. The molecule has 0 aromatic heterocycles. The molecule has 0 radical (unpaired) electrons. The number of likely N-dealkylation sites (N-methyl/N-ethyl adjacent to an activating group) is 1. The summed E-state index contributed by atoms with van der Waals surface area (Å²) in [5.74, 6) is -0.0647. The summed E-state index contributed by atoms with van der Waals surface area (Å²) < 4.78 is 11.8. The molecule has 7 nitrogen and oxygen atoms in total. The van der Waals surface area contributed by atoms with Crippen LogP contribution in [0.4, 0.5) is 5.69 Å². The highest BCUT2D eigenvalue weighted by Crippen LogP contribution is 2.39. The van der Waals surface area contributed by atoms with E-state index >= 15 is 0 Å². The molecule has 1 aromatic carbocycles. The summed E-state index contributed by atoms with van der Waals surface area (Å²) in [5.41, 5.74) is 1.08. The predicted molar refractivity (Wildman–Crippen MR) is 117 cm³/mol. The van der Waals surface area contributed by atoms with Gasteiger partial charge in [-0.2, -0.15) is 0 Å². The monoisotopic (exact) mass is 432 g/mol. The molecular formula is C22H32N2O5Si. The molecule has 3 rings (SSSR count). The van der Waals surface area contributed by atoms with E-state index in [9.17, 15) is 14.4 Å². The van der Waals surface area contributed by atoms with E-state index in [1.54, 1.807) is 25.2 Å². The molecule has 1 N–H and O–H groups in total. The average Bonchev–Trinajstić information content (AvgIpc) is 2.62. The van der Waals surface area contributed by atoms with Gasteiger partial charge in [-0.3, -0.25) is 14.4 Å². The molecule has 1 saturated heterocycles. The zero-order valence-corrected chi connectivity index (χ0v) is 19.9. The Morgan fingerprint density at radius 1 is 1.33 bits per heavy atom. The van der Waals surface area contributed by atoms with E-state index in [0.717, 1.165) is 0 Å². The van der Waals surface area contributed by atoms with Crippen molar-refractivity contribution in [2.75, 3.05) is 18.6 Å². The smallest absolute Gasteiger partial charge is 0.264 e. The second kappa shape index (κ2) is 7.81. The number of benzene rings is 1. The lowest BCUT2D eigenvalue weighted by Crippen LogP contribution is -2.64. The summed E-state index contributed by atoms with van der Waals surface area (Å²) >= 11 is 0. The fraction of sp³-hybridized carbons (Fsp3) is 0.591. The number of Topliss-reactive ketones (excluding diaryl/α,β-unsaturated/α-hetero) is 1. The Balaban J connectivity index is 1.70. The zero-order valence-electron chi connectivity index (χ0n) is 18.9. The normalized spacial score (nSPS) is 22.6. The Morgan fingerprint density at radius 3 is 2.60 bits per heavy atom. The van der Waals surface area contributed by atoms with Crippen LogP contribution in [0, 0.1) is 5.92 Å². The maximum Gasteiger partial charge on any atom is 0.264 e. The number of anilines is 1. The van der Waals surface area contributed by atoms with Gasteiger partial charge in [-0.05, 0) is 43.3 Å². The summed E-state index contributed by atoms with van der Waals surface area (Å²) in [5, 5.41) is 2.91. The molecule has 2 aliphatic rings. The van der Waals surface area contributed by atoms with Gasteiger partial charge >= 0.3 is 0 Å². The Hall–Kier alpha value is -2.19. The SMILES string of the molecule is C[C@@H](O[Si](C)(C)C(C)(C)C)[C@H]1C(=O)N[C@@H]1CC(=O)c1ccc2c(c1)N(C)C(=O)CO2. The van der Waals surface area contributed by atoms with Gasteiger partial charge in [-0.25, -0.2) is 0 Å². The van der Waals surface area contributed by atoms with Gasteiger partial charge in [0.05, 0.1) is 23.8 Å². The summed E-state index contributed by atoms with van der Waals surface area (Å²) in [6, 6.07) is 4.85. The van der Waals surface area contributed by atoms with Gasteiger partial charge in [-0.15, -0.1) is 0 Å². The van der Waals surface area contributed by atoms with Crippen molar-refractivity contribution in [3.05, 3.63) is 23.8 Å². The van der Waals surface area contributed by atoms with Crippen molar-refractivity contribution >= 4 is 31.6 Å². The summed E-state index contributed by atoms with van der Waals surface area (Å²) in [4.78, 5) is 38.5. The van der Waals surface area contributed by atoms with Crippen molar-refractivity contribution in [3.8, 4) is 5.75 Å². The number of carbonyl (C=O) groups excluding carboxylic acids is 3. The fourth-order valence-corrected chi connectivity index (χ4v) is 5.08. The second-order valence-electron chi connectivity index (χ2n) is 9.78. The summed E-state index contributed by atoms with van der Waals surface area (Å²) in [6.07, 6.45) is -0.0584. The van der Waals surface area contributed by atoms with E-state index in [2.05, 4.69) is 39.2 Å². The fourth-order valence-electron chi connectivity index (χ4n) is 3.65. The zero-order chi connectivity index (χ0) is 22.4. The van der Waals surface area contributed by atoms with E-state index < -0.39 is 8.32 Å². The molecule has 1 aromatic rings. The first-order chi connectivity index (χ1) is 13.8. The van der Waals surface area contributed by atoms with E-state index in [1.165, 1.54) is 4.90 Å². The Bertz CT molecular complexity index is 877. The minimum atomic E-state index is -2.02. The molecule has 0 saturated carbocycles.